The predicted octanol–water partition coefficient (Wildman–Crippen LogP) is 1.07. The zero-order valence-electron chi connectivity index (χ0n) is 10.1. The van der Waals surface area contributed by atoms with E-state index in [9.17, 15) is 26.4 Å². The van der Waals surface area contributed by atoms with Crippen LogP contribution in [0.5, 0.6) is 0 Å². The normalized spacial score (nSPS) is 12.2. The summed E-state index contributed by atoms with van der Waals surface area (Å²) in [7, 11) is -9.65. The van der Waals surface area contributed by atoms with Crippen LogP contribution < -0.4 is 5.73 Å². The van der Waals surface area contributed by atoms with Gasteiger partial charge in [0.2, 0.25) is 9.84 Å². The first-order valence-corrected chi connectivity index (χ1v) is 7.96. The molecule has 0 aliphatic heterocycles. The van der Waals surface area contributed by atoms with Gasteiger partial charge in [-0.1, -0.05) is 30.3 Å². The first-order valence-electron chi connectivity index (χ1n) is 4.87. The molecule has 1 rings (SSSR count). The van der Waals surface area contributed by atoms with E-state index in [4.69, 9.17) is 18.7 Å². The zero-order chi connectivity index (χ0) is 16.9. The summed E-state index contributed by atoms with van der Waals surface area (Å²) < 4.78 is 79.6. The first-order chi connectivity index (χ1) is 9.27. The molecule has 0 heterocycles. The molecule has 0 aromatic heterocycles. The van der Waals surface area contributed by atoms with Crippen LogP contribution in [0.2, 0.25) is 0 Å². The van der Waals surface area contributed by atoms with E-state index in [0.717, 1.165) is 0 Å². The molecular formula is C9H10F3NO6S2. The molecule has 0 spiro atoms. The number of sulfone groups is 1. The van der Waals surface area contributed by atoms with Crippen molar-refractivity contribution < 1.29 is 39.4 Å². The van der Waals surface area contributed by atoms with E-state index in [1.54, 1.807) is 30.3 Å². The minimum absolute atomic E-state index is 0.330. The number of hydrogen-bond donors (Lipinski definition) is 2. The van der Waals surface area contributed by atoms with Crippen molar-refractivity contribution in [1.82, 2.24) is 0 Å². The number of alkyl halides is 3. The standard InChI is InChI=1S/C8H9NO3S.CHF3O3S/c9-8(10)13(11,12)6-7-4-2-1-3-5-7;2-1(3,4)8(5,6)7/h1-5H,6H2,(H2,9,10);(H,5,6,7). The van der Waals surface area contributed by atoms with Crippen LogP contribution in [-0.4, -0.2) is 32.1 Å². The summed E-state index contributed by atoms with van der Waals surface area (Å²) in [6.45, 7) is 0. The fraction of sp³-hybridized carbons (Fsp3) is 0.222. The Bertz CT molecular complexity index is 682. The Morgan fingerprint density at radius 2 is 1.48 bits per heavy atom. The van der Waals surface area contributed by atoms with Crippen LogP contribution in [0.1, 0.15) is 5.56 Å². The Morgan fingerprint density at radius 1 is 1.10 bits per heavy atom. The topological polar surface area (TPSA) is 132 Å². The molecule has 0 radical (unpaired) electrons. The van der Waals surface area contributed by atoms with Gasteiger partial charge in [0.05, 0.1) is 5.75 Å². The Kier molecular flexibility index (Phi) is 6.32. The van der Waals surface area contributed by atoms with Crippen LogP contribution in [-0.2, 0) is 25.7 Å². The van der Waals surface area contributed by atoms with Crippen molar-refractivity contribution in [1.29, 1.82) is 0 Å². The fourth-order valence-electron chi connectivity index (χ4n) is 0.865. The van der Waals surface area contributed by atoms with Gasteiger partial charge in [-0.25, -0.2) is 8.42 Å². The number of primary amides is 1. The van der Waals surface area contributed by atoms with E-state index in [2.05, 4.69) is 0 Å². The molecule has 12 heteroatoms. The van der Waals surface area contributed by atoms with Gasteiger partial charge in [0.15, 0.2) is 0 Å². The average molecular weight is 349 g/mol. The van der Waals surface area contributed by atoms with Crippen LogP contribution in [0.3, 0.4) is 0 Å². The molecule has 0 bridgehead atoms. The summed E-state index contributed by atoms with van der Waals surface area (Å²) in [5.41, 5.74) is -0.287. The molecule has 0 aliphatic rings. The van der Waals surface area contributed by atoms with E-state index in [1.165, 1.54) is 0 Å². The molecule has 120 valence electrons. The smallest absolute Gasteiger partial charge is 0.356 e. The summed E-state index contributed by atoms with van der Waals surface area (Å²) in [6, 6.07) is 8.42. The first kappa shape index (κ1) is 19.3. The largest absolute Gasteiger partial charge is 0.522 e. The molecule has 0 unspecified atom stereocenters. The summed E-state index contributed by atoms with van der Waals surface area (Å²) in [4.78, 5) is 10.5. The molecule has 1 aromatic rings. The highest BCUT2D eigenvalue weighted by molar-refractivity contribution is 8.05. The lowest BCUT2D eigenvalue weighted by molar-refractivity contribution is -0.0510. The second kappa shape index (κ2) is 6.87. The highest BCUT2D eigenvalue weighted by Crippen LogP contribution is 2.20. The van der Waals surface area contributed by atoms with Crippen molar-refractivity contribution >= 4 is 25.2 Å². The maximum absolute atomic E-state index is 11.0. The second-order valence-corrected chi connectivity index (χ2v) is 6.82. The van der Waals surface area contributed by atoms with Crippen LogP contribution in [0.15, 0.2) is 30.3 Å². The summed E-state index contributed by atoms with van der Waals surface area (Å²) in [6.07, 6.45) is 0. The maximum atomic E-state index is 11.0. The quantitative estimate of drug-likeness (QED) is 0.606. The third kappa shape index (κ3) is 7.06. The lowest BCUT2D eigenvalue weighted by Crippen LogP contribution is -2.23. The lowest BCUT2D eigenvalue weighted by atomic mass is 10.2. The van der Waals surface area contributed by atoms with E-state index in [-0.39, 0.29) is 5.75 Å². The van der Waals surface area contributed by atoms with Gasteiger partial charge in [-0.15, -0.1) is 0 Å². The lowest BCUT2D eigenvalue weighted by Gasteiger charge is -1.98. The maximum Gasteiger partial charge on any atom is 0.522 e. The molecule has 0 saturated heterocycles. The molecular weight excluding hydrogens is 339 g/mol. The van der Waals surface area contributed by atoms with Gasteiger partial charge < -0.3 is 5.73 Å². The Morgan fingerprint density at radius 3 is 1.76 bits per heavy atom. The molecule has 3 N–H and O–H groups in total. The molecule has 21 heavy (non-hydrogen) atoms. The highest BCUT2D eigenvalue weighted by Gasteiger charge is 2.44. The van der Waals surface area contributed by atoms with Gasteiger partial charge in [-0.05, 0) is 5.56 Å². The van der Waals surface area contributed by atoms with Crippen LogP contribution in [0.25, 0.3) is 0 Å². The van der Waals surface area contributed by atoms with Crippen molar-refractivity contribution in [3.05, 3.63) is 35.9 Å². The predicted molar refractivity (Wildman–Crippen MR) is 66.3 cm³/mol. The Labute approximate surface area is 118 Å². The monoisotopic (exact) mass is 349 g/mol. The van der Waals surface area contributed by atoms with E-state index in [0.29, 0.717) is 5.56 Å². The number of carbonyl (C=O) groups is 1. The molecule has 1 aromatic carbocycles. The fourth-order valence-corrected chi connectivity index (χ4v) is 1.64. The molecule has 7 nitrogen and oxygen atoms in total. The third-order valence-corrected chi connectivity index (χ3v) is 3.71. The minimum Gasteiger partial charge on any atom is -0.356 e. The van der Waals surface area contributed by atoms with Crippen LogP contribution in [0, 0.1) is 0 Å². The Balaban J connectivity index is 0.000000433. The van der Waals surface area contributed by atoms with Gasteiger partial charge >= 0.3 is 20.9 Å². The Hall–Kier alpha value is -1.66. The minimum atomic E-state index is -5.84. The zero-order valence-corrected chi connectivity index (χ0v) is 11.7. The van der Waals surface area contributed by atoms with Crippen molar-refractivity contribution in [2.24, 2.45) is 5.73 Å². The van der Waals surface area contributed by atoms with Crippen molar-refractivity contribution in [3.63, 3.8) is 0 Å². The van der Waals surface area contributed by atoms with Crippen molar-refractivity contribution in [2.75, 3.05) is 0 Å². The SMILES string of the molecule is NC(=O)S(=O)(=O)Cc1ccccc1.O=S(=O)(O)C(F)(F)F. The van der Waals surface area contributed by atoms with Gasteiger partial charge in [-0.2, -0.15) is 21.6 Å². The molecule has 1 amide bonds. The van der Waals surface area contributed by atoms with Crippen molar-refractivity contribution in [3.8, 4) is 0 Å². The number of benzene rings is 1. The van der Waals surface area contributed by atoms with Crippen LogP contribution >= 0.6 is 0 Å². The summed E-state index contributed by atoms with van der Waals surface area (Å²) in [5.74, 6) is -0.330. The third-order valence-electron chi connectivity index (χ3n) is 1.80. The van der Waals surface area contributed by atoms with Crippen LogP contribution in [0.4, 0.5) is 18.0 Å². The average Bonchev–Trinajstić information content (AvgIpc) is 2.27. The summed E-state index contributed by atoms with van der Waals surface area (Å²) >= 11 is 0. The highest BCUT2D eigenvalue weighted by atomic mass is 32.2. The summed E-state index contributed by atoms with van der Waals surface area (Å²) in [5, 5.41) is -1.28. The van der Waals surface area contributed by atoms with Gasteiger partial charge in [0.1, 0.15) is 0 Å². The molecule has 0 fully saturated rings. The van der Waals surface area contributed by atoms with Gasteiger partial charge in [0, 0.05) is 0 Å². The van der Waals surface area contributed by atoms with E-state index >= 15 is 0 Å². The number of hydrogen-bond acceptors (Lipinski definition) is 5. The molecule has 0 aliphatic carbocycles. The van der Waals surface area contributed by atoms with Crippen molar-refractivity contribution in [2.45, 2.75) is 11.3 Å². The second-order valence-electron chi connectivity index (χ2n) is 3.48. The number of carbonyl (C=O) groups excluding carboxylic acids is 1. The number of rotatable bonds is 2. The number of nitrogens with two attached hydrogens (primary N) is 1. The van der Waals surface area contributed by atoms with E-state index in [1.807, 2.05) is 0 Å². The number of halogens is 3. The molecule has 0 atom stereocenters. The van der Waals surface area contributed by atoms with E-state index < -0.39 is 30.7 Å². The number of amides is 1. The molecule has 0 saturated carbocycles. The van der Waals surface area contributed by atoms with Gasteiger partial charge in [0.25, 0.3) is 0 Å². The van der Waals surface area contributed by atoms with Gasteiger partial charge in [-0.3, -0.25) is 9.35 Å².